The molecule has 1 amide bonds. The van der Waals surface area contributed by atoms with Crippen molar-refractivity contribution in [3.8, 4) is 6.07 Å². The van der Waals surface area contributed by atoms with E-state index in [1.165, 1.54) is 25.7 Å². The van der Waals surface area contributed by atoms with E-state index >= 15 is 0 Å². The average molecular weight is 236 g/mol. The van der Waals surface area contributed by atoms with Crippen molar-refractivity contribution in [2.24, 2.45) is 11.3 Å². The van der Waals surface area contributed by atoms with Gasteiger partial charge in [-0.2, -0.15) is 5.26 Å². The van der Waals surface area contributed by atoms with E-state index in [4.69, 9.17) is 0 Å². The number of hydrogen-bond donors (Lipinski definition) is 0. The minimum Gasteiger partial charge on any atom is -0.344 e. The Bertz CT molecular complexity index is 296. The van der Waals surface area contributed by atoms with Gasteiger partial charge in [-0.25, -0.2) is 0 Å². The van der Waals surface area contributed by atoms with Crippen LogP contribution in [0.1, 0.15) is 52.4 Å². The summed E-state index contributed by atoms with van der Waals surface area (Å²) in [5.74, 6) is 0.658. The largest absolute Gasteiger partial charge is 0.344 e. The summed E-state index contributed by atoms with van der Waals surface area (Å²) in [5, 5.41) is 9.26. The first-order valence-corrected chi connectivity index (χ1v) is 6.76. The predicted octanol–water partition coefficient (Wildman–Crippen LogP) is 2.96. The highest BCUT2D eigenvalue weighted by molar-refractivity contribution is 5.85. The molecule has 0 atom stereocenters. The lowest BCUT2D eigenvalue weighted by atomic mass is 9.82. The molecule has 1 aliphatic rings. The third-order valence-electron chi connectivity index (χ3n) is 4.18. The SMILES string of the molecule is CCC(C#N)(CC)C(=O)N(C)CC1CCCC1. The molecule has 3 nitrogen and oxygen atoms in total. The van der Waals surface area contributed by atoms with Crippen molar-refractivity contribution in [3.05, 3.63) is 0 Å². The van der Waals surface area contributed by atoms with Gasteiger partial charge in [0.1, 0.15) is 5.41 Å². The maximum atomic E-state index is 12.3. The Kier molecular flexibility index (Phi) is 4.99. The molecule has 0 saturated heterocycles. The minimum absolute atomic E-state index is 0.0110. The summed E-state index contributed by atoms with van der Waals surface area (Å²) in [6.07, 6.45) is 6.25. The van der Waals surface area contributed by atoms with Crippen LogP contribution in [0.15, 0.2) is 0 Å². The molecule has 0 aliphatic heterocycles. The maximum Gasteiger partial charge on any atom is 0.242 e. The molecule has 1 saturated carbocycles. The average Bonchev–Trinajstić information content (AvgIpc) is 2.84. The Morgan fingerprint density at radius 2 is 1.88 bits per heavy atom. The molecule has 0 aromatic rings. The third-order valence-corrected chi connectivity index (χ3v) is 4.18. The Morgan fingerprint density at radius 3 is 2.29 bits per heavy atom. The van der Waals surface area contributed by atoms with E-state index in [1.807, 2.05) is 20.9 Å². The summed E-state index contributed by atoms with van der Waals surface area (Å²) in [5.41, 5.74) is -0.798. The van der Waals surface area contributed by atoms with Gasteiger partial charge in [-0.05, 0) is 31.6 Å². The van der Waals surface area contributed by atoms with Crippen molar-refractivity contribution in [2.45, 2.75) is 52.4 Å². The first kappa shape index (κ1) is 14.0. The number of nitriles is 1. The fraction of sp³-hybridized carbons (Fsp3) is 0.857. The van der Waals surface area contributed by atoms with Crippen molar-refractivity contribution in [1.29, 1.82) is 5.26 Å². The maximum absolute atomic E-state index is 12.3. The number of carbonyl (C=O) groups excluding carboxylic acids is 1. The van der Waals surface area contributed by atoms with Gasteiger partial charge in [0.15, 0.2) is 0 Å². The van der Waals surface area contributed by atoms with Gasteiger partial charge < -0.3 is 4.90 Å². The van der Waals surface area contributed by atoms with Gasteiger partial charge in [0.05, 0.1) is 6.07 Å². The number of carbonyl (C=O) groups is 1. The second kappa shape index (κ2) is 6.05. The van der Waals surface area contributed by atoms with Crippen molar-refractivity contribution >= 4 is 5.91 Å². The highest BCUT2D eigenvalue weighted by atomic mass is 16.2. The van der Waals surface area contributed by atoms with Crippen LogP contribution in [0.2, 0.25) is 0 Å². The van der Waals surface area contributed by atoms with Crippen molar-refractivity contribution in [2.75, 3.05) is 13.6 Å². The lowest BCUT2D eigenvalue weighted by Gasteiger charge is -2.30. The van der Waals surface area contributed by atoms with Crippen molar-refractivity contribution in [1.82, 2.24) is 4.90 Å². The molecule has 0 heterocycles. The Hall–Kier alpha value is -1.04. The van der Waals surface area contributed by atoms with Gasteiger partial charge in [-0.15, -0.1) is 0 Å². The molecule has 0 bridgehead atoms. The van der Waals surface area contributed by atoms with Crippen LogP contribution in [0.3, 0.4) is 0 Å². The lowest BCUT2D eigenvalue weighted by molar-refractivity contribution is -0.138. The third kappa shape index (κ3) is 3.00. The van der Waals surface area contributed by atoms with Crippen molar-refractivity contribution in [3.63, 3.8) is 0 Å². The van der Waals surface area contributed by atoms with Crippen LogP contribution in [0.25, 0.3) is 0 Å². The molecule has 1 rings (SSSR count). The highest BCUT2D eigenvalue weighted by Gasteiger charge is 2.37. The van der Waals surface area contributed by atoms with E-state index in [0.717, 1.165) is 6.54 Å². The van der Waals surface area contributed by atoms with Gasteiger partial charge in [0, 0.05) is 13.6 Å². The Morgan fingerprint density at radius 1 is 1.35 bits per heavy atom. The topological polar surface area (TPSA) is 44.1 Å². The van der Waals surface area contributed by atoms with E-state index < -0.39 is 5.41 Å². The van der Waals surface area contributed by atoms with Crippen molar-refractivity contribution < 1.29 is 4.79 Å². The smallest absolute Gasteiger partial charge is 0.242 e. The fourth-order valence-corrected chi connectivity index (χ4v) is 2.79. The zero-order valence-corrected chi connectivity index (χ0v) is 11.3. The Labute approximate surface area is 105 Å². The molecular weight excluding hydrogens is 212 g/mol. The van der Waals surface area contributed by atoms with Crippen LogP contribution < -0.4 is 0 Å². The minimum atomic E-state index is -0.798. The quantitative estimate of drug-likeness (QED) is 0.736. The molecule has 1 aliphatic carbocycles. The highest BCUT2D eigenvalue weighted by Crippen LogP contribution is 2.30. The van der Waals surface area contributed by atoms with Crippen LogP contribution >= 0.6 is 0 Å². The van der Waals surface area contributed by atoms with E-state index in [-0.39, 0.29) is 5.91 Å². The lowest BCUT2D eigenvalue weighted by Crippen LogP contribution is -2.42. The number of nitrogens with zero attached hydrogens (tertiary/aromatic N) is 2. The molecule has 0 unspecified atom stereocenters. The molecule has 0 aromatic heterocycles. The molecule has 0 spiro atoms. The first-order valence-electron chi connectivity index (χ1n) is 6.76. The number of rotatable bonds is 5. The molecular formula is C14H24N2O. The van der Waals surface area contributed by atoms with E-state index in [1.54, 1.807) is 4.90 Å². The van der Waals surface area contributed by atoms with Gasteiger partial charge in [-0.1, -0.05) is 26.7 Å². The summed E-state index contributed by atoms with van der Waals surface area (Å²) in [7, 11) is 1.85. The van der Waals surface area contributed by atoms with Crippen LogP contribution in [0, 0.1) is 22.7 Å². The van der Waals surface area contributed by atoms with Gasteiger partial charge in [0.25, 0.3) is 0 Å². The fourth-order valence-electron chi connectivity index (χ4n) is 2.79. The van der Waals surface area contributed by atoms with Crippen LogP contribution in [0.5, 0.6) is 0 Å². The number of amides is 1. The molecule has 0 aromatic carbocycles. The van der Waals surface area contributed by atoms with E-state index in [2.05, 4.69) is 6.07 Å². The monoisotopic (exact) mass is 236 g/mol. The molecule has 3 heteroatoms. The van der Waals surface area contributed by atoms with Crippen LogP contribution in [-0.2, 0) is 4.79 Å². The zero-order chi connectivity index (χ0) is 12.9. The Balaban J connectivity index is 2.64. The van der Waals surface area contributed by atoms with Gasteiger partial charge >= 0.3 is 0 Å². The summed E-state index contributed by atoms with van der Waals surface area (Å²) in [6.45, 7) is 4.67. The van der Waals surface area contributed by atoms with Gasteiger partial charge in [-0.3, -0.25) is 4.79 Å². The molecule has 0 radical (unpaired) electrons. The summed E-state index contributed by atoms with van der Waals surface area (Å²) >= 11 is 0. The normalized spacial score (nSPS) is 16.8. The summed E-state index contributed by atoms with van der Waals surface area (Å²) < 4.78 is 0. The standard InChI is InChI=1S/C14H24N2O/c1-4-14(5-2,11-15)13(17)16(3)10-12-8-6-7-9-12/h12H,4-10H2,1-3H3. The number of hydrogen-bond acceptors (Lipinski definition) is 2. The van der Waals surface area contributed by atoms with Crippen LogP contribution in [-0.4, -0.2) is 24.4 Å². The second-order valence-corrected chi connectivity index (χ2v) is 5.24. The van der Waals surface area contributed by atoms with E-state index in [0.29, 0.717) is 18.8 Å². The summed E-state index contributed by atoms with van der Waals surface area (Å²) in [6, 6.07) is 2.23. The van der Waals surface area contributed by atoms with Gasteiger partial charge in [0.2, 0.25) is 5.91 Å². The molecule has 96 valence electrons. The zero-order valence-electron chi connectivity index (χ0n) is 11.3. The van der Waals surface area contributed by atoms with Crippen LogP contribution in [0.4, 0.5) is 0 Å². The molecule has 1 fully saturated rings. The predicted molar refractivity (Wildman–Crippen MR) is 68.2 cm³/mol. The molecule has 17 heavy (non-hydrogen) atoms. The first-order chi connectivity index (χ1) is 8.09. The second-order valence-electron chi connectivity index (χ2n) is 5.24. The molecule has 0 N–H and O–H groups in total. The van der Waals surface area contributed by atoms with E-state index in [9.17, 15) is 10.1 Å². The summed E-state index contributed by atoms with van der Waals surface area (Å²) in [4.78, 5) is 14.1.